The summed E-state index contributed by atoms with van der Waals surface area (Å²) in [6.45, 7) is 0. The molecule has 1 heterocycles. The molecule has 1 amide bonds. The van der Waals surface area contributed by atoms with E-state index in [9.17, 15) is 9.59 Å². The molecule has 3 rings (SSSR count). The molecule has 5 nitrogen and oxygen atoms in total. The fourth-order valence-corrected chi connectivity index (χ4v) is 2.53. The Hall–Kier alpha value is -3.05. The Labute approximate surface area is 149 Å². The summed E-state index contributed by atoms with van der Waals surface area (Å²) in [6.07, 6.45) is 0. The van der Waals surface area contributed by atoms with Crippen LogP contribution in [0.25, 0.3) is 11.3 Å². The van der Waals surface area contributed by atoms with E-state index in [0.717, 1.165) is 0 Å². The lowest BCUT2D eigenvalue weighted by molar-refractivity contribution is 0.0600. The number of halogens is 1. The van der Waals surface area contributed by atoms with Gasteiger partial charge in [-0.2, -0.15) is 0 Å². The van der Waals surface area contributed by atoms with E-state index in [4.69, 9.17) is 16.0 Å². The minimum atomic E-state index is -0.477. The molecule has 3 aromatic rings. The Balaban J connectivity index is 1.79. The minimum Gasteiger partial charge on any atom is -0.465 e. The van der Waals surface area contributed by atoms with Crippen LogP contribution in [-0.2, 0) is 4.74 Å². The Morgan fingerprint density at radius 3 is 2.60 bits per heavy atom. The van der Waals surface area contributed by atoms with Gasteiger partial charge in [-0.15, -0.1) is 0 Å². The first-order chi connectivity index (χ1) is 12.1. The standard InChI is InChI=1S/C19H14ClNO4/c1-24-19(23)12-5-4-6-13(11-12)21-18(22)17-10-9-16(25-17)14-7-2-3-8-15(14)20/h2-11H,1H3,(H,21,22). The zero-order valence-corrected chi connectivity index (χ0v) is 14.0. The van der Waals surface area contributed by atoms with Crippen molar-refractivity contribution in [1.82, 2.24) is 0 Å². The molecule has 2 aromatic carbocycles. The van der Waals surface area contributed by atoms with E-state index >= 15 is 0 Å². The van der Waals surface area contributed by atoms with Crippen molar-refractivity contribution in [2.75, 3.05) is 12.4 Å². The highest BCUT2D eigenvalue weighted by atomic mass is 35.5. The van der Waals surface area contributed by atoms with Crippen LogP contribution < -0.4 is 5.32 Å². The maximum Gasteiger partial charge on any atom is 0.337 e. The first kappa shape index (κ1) is 16.8. The molecule has 1 N–H and O–H groups in total. The van der Waals surface area contributed by atoms with Gasteiger partial charge in [0.15, 0.2) is 5.76 Å². The number of furan rings is 1. The average molecular weight is 356 g/mol. The van der Waals surface area contributed by atoms with Gasteiger partial charge < -0.3 is 14.5 Å². The molecule has 0 fully saturated rings. The summed E-state index contributed by atoms with van der Waals surface area (Å²) in [4.78, 5) is 23.9. The predicted molar refractivity (Wildman–Crippen MR) is 94.9 cm³/mol. The molecule has 0 unspecified atom stereocenters. The number of amides is 1. The maximum absolute atomic E-state index is 12.3. The lowest BCUT2D eigenvalue weighted by atomic mass is 10.2. The summed E-state index contributed by atoms with van der Waals surface area (Å²) < 4.78 is 10.3. The lowest BCUT2D eigenvalue weighted by Crippen LogP contribution is -2.11. The molecule has 0 spiro atoms. The lowest BCUT2D eigenvalue weighted by Gasteiger charge is -2.05. The summed E-state index contributed by atoms with van der Waals surface area (Å²) >= 11 is 6.13. The van der Waals surface area contributed by atoms with Gasteiger partial charge in [0.25, 0.3) is 5.91 Å². The zero-order valence-electron chi connectivity index (χ0n) is 13.3. The summed E-state index contributed by atoms with van der Waals surface area (Å²) in [5.74, 6) is -0.270. The van der Waals surface area contributed by atoms with Gasteiger partial charge in [-0.1, -0.05) is 29.8 Å². The van der Waals surface area contributed by atoms with E-state index in [1.165, 1.54) is 13.2 Å². The molecule has 0 saturated carbocycles. The number of hydrogen-bond donors (Lipinski definition) is 1. The third-order valence-electron chi connectivity index (χ3n) is 3.51. The SMILES string of the molecule is COC(=O)c1cccc(NC(=O)c2ccc(-c3ccccc3Cl)o2)c1. The van der Waals surface area contributed by atoms with E-state index in [1.807, 2.05) is 18.2 Å². The predicted octanol–water partition coefficient (Wildman–Crippen LogP) is 4.64. The van der Waals surface area contributed by atoms with Crippen molar-refractivity contribution >= 4 is 29.2 Å². The van der Waals surface area contributed by atoms with Gasteiger partial charge in [0, 0.05) is 11.3 Å². The van der Waals surface area contributed by atoms with Gasteiger partial charge in [0.1, 0.15) is 5.76 Å². The van der Waals surface area contributed by atoms with Crippen LogP contribution in [0.15, 0.2) is 65.1 Å². The van der Waals surface area contributed by atoms with Crippen LogP contribution in [0.3, 0.4) is 0 Å². The molecular weight excluding hydrogens is 342 g/mol. The number of ether oxygens (including phenoxy) is 1. The molecule has 0 atom stereocenters. The van der Waals surface area contributed by atoms with Crippen molar-refractivity contribution in [3.8, 4) is 11.3 Å². The monoisotopic (exact) mass is 355 g/mol. The third kappa shape index (κ3) is 3.72. The number of rotatable bonds is 4. The number of nitrogens with one attached hydrogen (secondary N) is 1. The smallest absolute Gasteiger partial charge is 0.337 e. The Morgan fingerprint density at radius 2 is 1.84 bits per heavy atom. The highest BCUT2D eigenvalue weighted by molar-refractivity contribution is 6.33. The van der Waals surface area contributed by atoms with Crippen molar-refractivity contribution in [2.24, 2.45) is 0 Å². The molecule has 0 aliphatic rings. The van der Waals surface area contributed by atoms with E-state index < -0.39 is 11.9 Å². The number of esters is 1. The molecule has 6 heteroatoms. The van der Waals surface area contributed by atoms with Crippen molar-refractivity contribution in [3.05, 3.63) is 77.0 Å². The van der Waals surface area contributed by atoms with Gasteiger partial charge in [0.2, 0.25) is 0 Å². The molecule has 0 radical (unpaired) electrons. The minimum absolute atomic E-state index is 0.137. The average Bonchev–Trinajstić information content (AvgIpc) is 3.11. The van der Waals surface area contributed by atoms with Gasteiger partial charge in [-0.05, 0) is 42.5 Å². The summed E-state index contributed by atoms with van der Waals surface area (Å²) in [6, 6.07) is 16.9. The number of methoxy groups -OCH3 is 1. The topological polar surface area (TPSA) is 68.5 Å². The summed E-state index contributed by atoms with van der Waals surface area (Å²) in [5, 5.41) is 3.22. The molecule has 0 saturated heterocycles. The van der Waals surface area contributed by atoms with Crippen LogP contribution in [0.1, 0.15) is 20.9 Å². The third-order valence-corrected chi connectivity index (χ3v) is 3.84. The fraction of sp³-hybridized carbons (Fsp3) is 0.0526. The van der Waals surface area contributed by atoms with Crippen LogP contribution in [-0.4, -0.2) is 19.0 Å². The van der Waals surface area contributed by atoms with Crippen LogP contribution >= 0.6 is 11.6 Å². The molecular formula is C19H14ClNO4. The highest BCUT2D eigenvalue weighted by Gasteiger charge is 2.15. The molecule has 0 aliphatic heterocycles. The highest BCUT2D eigenvalue weighted by Crippen LogP contribution is 2.29. The van der Waals surface area contributed by atoms with Crippen LogP contribution in [0.2, 0.25) is 5.02 Å². The number of carbonyl (C=O) groups is 2. The Bertz CT molecular complexity index is 932. The van der Waals surface area contributed by atoms with Gasteiger partial charge >= 0.3 is 5.97 Å². The molecule has 25 heavy (non-hydrogen) atoms. The van der Waals surface area contributed by atoms with E-state index in [2.05, 4.69) is 10.1 Å². The number of anilines is 1. The van der Waals surface area contributed by atoms with Crippen molar-refractivity contribution in [2.45, 2.75) is 0 Å². The maximum atomic E-state index is 12.3. The van der Waals surface area contributed by atoms with Gasteiger partial charge in [-0.3, -0.25) is 4.79 Å². The quantitative estimate of drug-likeness (QED) is 0.692. The largest absolute Gasteiger partial charge is 0.465 e. The van der Waals surface area contributed by atoms with Gasteiger partial charge in [-0.25, -0.2) is 4.79 Å². The number of hydrogen-bond acceptors (Lipinski definition) is 4. The van der Waals surface area contributed by atoms with Crippen LogP contribution in [0.5, 0.6) is 0 Å². The zero-order chi connectivity index (χ0) is 17.8. The van der Waals surface area contributed by atoms with Crippen molar-refractivity contribution in [1.29, 1.82) is 0 Å². The van der Waals surface area contributed by atoms with Crippen LogP contribution in [0.4, 0.5) is 5.69 Å². The number of benzene rings is 2. The van der Waals surface area contributed by atoms with E-state index in [1.54, 1.807) is 36.4 Å². The first-order valence-electron chi connectivity index (χ1n) is 7.43. The fourth-order valence-electron chi connectivity index (χ4n) is 2.30. The Kier molecular flexibility index (Phi) is 4.86. The van der Waals surface area contributed by atoms with E-state index in [-0.39, 0.29) is 5.76 Å². The van der Waals surface area contributed by atoms with Crippen LogP contribution in [0, 0.1) is 0 Å². The molecule has 126 valence electrons. The second-order valence-electron chi connectivity index (χ2n) is 5.17. The number of carbonyl (C=O) groups excluding carboxylic acids is 2. The summed E-state index contributed by atoms with van der Waals surface area (Å²) in [7, 11) is 1.30. The van der Waals surface area contributed by atoms with E-state index in [0.29, 0.717) is 27.6 Å². The normalized spacial score (nSPS) is 10.3. The molecule has 0 aliphatic carbocycles. The van der Waals surface area contributed by atoms with Crippen molar-refractivity contribution in [3.63, 3.8) is 0 Å². The van der Waals surface area contributed by atoms with Gasteiger partial charge in [0.05, 0.1) is 17.7 Å². The second kappa shape index (κ2) is 7.23. The second-order valence-corrected chi connectivity index (χ2v) is 5.58. The first-order valence-corrected chi connectivity index (χ1v) is 7.81. The molecule has 1 aromatic heterocycles. The molecule has 0 bridgehead atoms. The summed E-state index contributed by atoms with van der Waals surface area (Å²) in [5.41, 5.74) is 1.51. The Morgan fingerprint density at radius 1 is 1.04 bits per heavy atom. The van der Waals surface area contributed by atoms with Crippen molar-refractivity contribution < 1.29 is 18.7 Å².